The number of furan rings is 2. The second-order valence-electron chi connectivity index (χ2n) is 14.5. The van der Waals surface area contributed by atoms with E-state index in [1.165, 1.54) is 32.3 Å². The van der Waals surface area contributed by atoms with Crippen LogP contribution in [0.4, 0.5) is 0 Å². The summed E-state index contributed by atoms with van der Waals surface area (Å²) in [6.45, 7) is 0. The number of fused-ring (bicyclic) bond motifs is 12. The summed E-state index contributed by atoms with van der Waals surface area (Å²) in [4.78, 5) is 8.45. The number of nitrogens with zero attached hydrogens (tertiary/aromatic N) is 2. The first-order valence-electron chi connectivity index (χ1n) is 18.9. The molecule has 4 aromatic heterocycles. The van der Waals surface area contributed by atoms with Crippen LogP contribution in [0.25, 0.3) is 121 Å². The molecule has 0 unspecified atom stereocenters. The lowest BCUT2D eigenvalue weighted by Gasteiger charge is -2.14. The molecule has 4 heteroatoms. The van der Waals surface area contributed by atoms with Crippen LogP contribution in [0.2, 0.25) is 0 Å². The summed E-state index contributed by atoms with van der Waals surface area (Å²) in [5, 5.41) is 11.7. The van der Waals surface area contributed by atoms with E-state index in [1.807, 2.05) is 49.1 Å². The van der Waals surface area contributed by atoms with Crippen molar-refractivity contribution in [1.82, 2.24) is 9.97 Å². The Morgan fingerprint density at radius 2 is 0.571 bits per heavy atom. The monoisotopic (exact) mass is 714 g/mol. The second kappa shape index (κ2) is 12.0. The Kier molecular flexibility index (Phi) is 6.60. The highest BCUT2D eigenvalue weighted by molar-refractivity contribution is 6.27. The van der Waals surface area contributed by atoms with Crippen LogP contribution in [0, 0.1) is 0 Å². The van der Waals surface area contributed by atoms with E-state index in [-0.39, 0.29) is 0 Å². The van der Waals surface area contributed by atoms with Gasteiger partial charge in [0.15, 0.2) is 0 Å². The summed E-state index contributed by atoms with van der Waals surface area (Å²) in [6, 6.07) is 56.3. The smallest absolute Gasteiger partial charge is 0.143 e. The number of para-hydroxylation sites is 4. The van der Waals surface area contributed by atoms with Crippen molar-refractivity contribution in [1.29, 1.82) is 0 Å². The van der Waals surface area contributed by atoms with Crippen molar-refractivity contribution in [3.05, 3.63) is 183 Å². The lowest BCUT2D eigenvalue weighted by atomic mass is 9.90. The maximum absolute atomic E-state index is 6.80. The molecule has 4 heterocycles. The quantitative estimate of drug-likeness (QED) is 0.170. The standard InChI is InChI=1S/C52H30N2O2/c1-2-8-40-39(7-1)47-29-33(37-11-5-15-45-43-13-3-9-35(49(43)55-51(37)45)31-21-25-53-26-22-31)17-19-41(47)42-20-18-34(30-48(40)42)38-12-6-16-46-44-14-4-10-36(50(44)56-52(38)46)32-23-27-54-28-24-32/h1-30H. The molecule has 0 fully saturated rings. The third-order valence-corrected chi connectivity index (χ3v) is 11.5. The van der Waals surface area contributed by atoms with Crippen LogP contribution in [-0.4, -0.2) is 9.97 Å². The average molecular weight is 715 g/mol. The predicted molar refractivity (Wildman–Crippen MR) is 231 cm³/mol. The van der Waals surface area contributed by atoms with Crippen LogP contribution in [0.15, 0.2) is 191 Å². The molecule has 8 aromatic carbocycles. The van der Waals surface area contributed by atoms with Gasteiger partial charge in [0.25, 0.3) is 0 Å². The Bertz CT molecular complexity index is 3270. The Morgan fingerprint density at radius 3 is 0.946 bits per heavy atom. The predicted octanol–water partition coefficient (Wildman–Crippen LogP) is 14.4. The molecule has 0 aliphatic carbocycles. The van der Waals surface area contributed by atoms with Gasteiger partial charge in [-0.15, -0.1) is 0 Å². The number of rotatable bonds is 4. The van der Waals surface area contributed by atoms with Gasteiger partial charge in [-0.05, 0) is 91.0 Å². The van der Waals surface area contributed by atoms with Gasteiger partial charge < -0.3 is 8.83 Å². The first-order valence-corrected chi connectivity index (χ1v) is 18.9. The number of hydrogen-bond acceptors (Lipinski definition) is 4. The molecule has 0 saturated heterocycles. The van der Waals surface area contributed by atoms with Gasteiger partial charge in [0.2, 0.25) is 0 Å². The molecule has 0 aliphatic heterocycles. The van der Waals surface area contributed by atoms with Gasteiger partial charge in [0.1, 0.15) is 22.3 Å². The lowest BCUT2D eigenvalue weighted by molar-refractivity contribution is 0.670. The third-order valence-electron chi connectivity index (χ3n) is 11.5. The molecule has 0 N–H and O–H groups in total. The normalized spacial score (nSPS) is 11.9. The fraction of sp³-hybridized carbons (Fsp3) is 0. The molecule has 0 saturated carbocycles. The largest absolute Gasteiger partial charge is 0.455 e. The summed E-state index contributed by atoms with van der Waals surface area (Å²) in [7, 11) is 0. The van der Waals surface area contributed by atoms with Gasteiger partial charge in [0.05, 0.1) is 0 Å². The molecule has 56 heavy (non-hydrogen) atoms. The highest BCUT2D eigenvalue weighted by Crippen LogP contribution is 2.44. The molecular weight excluding hydrogens is 685 g/mol. The summed E-state index contributed by atoms with van der Waals surface area (Å²) in [5.41, 5.74) is 12.3. The number of aromatic nitrogens is 2. The van der Waals surface area contributed by atoms with Crippen LogP contribution in [0.3, 0.4) is 0 Å². The molecule has 0 amide bonds. The van der Waals surface area contributed by atoms with Crippen molar-refractivity contribution in [2.45, 2.75) is 0 Å². The molecule has 12 rings (SSSR count). The van der Waals surface area contributed by atoms with Gasteiger partial charge in [-0.25, -0.2) is 0 Å². The van der Waals surface area contributed by atoms with Crippen LogP contribution >= 0.6 is 0 Å². The number of benzene rings is 8. The van der Waals surface area contributed by atoms with Gasteiger partial charge in [-0.3, -0.25) is 9.97 Å². The van der Waals surface area contributed by atoms with Crippen molar-refractivity contribution in [2.75, 3.05) is 0 Å². The van der Waals surface area contributed by atoms with Gasteiger partial charge in [-0.1, -0.05) is 121 Å². The van der Waals surface area contributed by atoms with E-state index in [2.05, 4.69) is 143 Å². The van der Waals surface area contributed by atoms with Gasteiger partial charge >= 0.3 is 0 Å². The highest BCUT2D eigenvalue weighted by Gasteiger charge is 2.19. The van der Waals surface area contributed by atoms with Crippen molar-refractivity contribution in [2.24, 2.45) is 0 Å². The maximum Gasteiger partial charge on any atom is 0.143 e. The van der Waals surface area contributed by atoms with E-state index in [9.17, 15) is 0 Å². The van der Waals surface area contributed by atoms with Crippen molar-refractivity contribution in [3.8, 4) is 44.5 Å². The van der Waals surface area contributed by atoms with Crippen LogP contribution in [0.5, 0.6) is 0 Å². The average Bonchev–Trinajstić information content (AvgIpc) is 3.86. The Morgan fingerprint density at radius 1 is 0.250 bits per heavy atom. The Balaban J connectivity index is 1.04. The van der Waals surface area contributed by atoms with E-state index in [0.29, 0.717) is 0 Å². The van der Waals surface area contributed by atoms with E-state index >= 15 is 0 Å². The summed E-state index contributed by atoms with van der Waals surface area (Å²) in [6.07, 6.45) is 7.31. The zero-order valence-corrected chi connectivity index (χ0v) is 30.0. The molecule has 4 nitrogen and oxygen atoms in total. The summed E-state index contributed by atoms with van der Waals surface area (Å²) in [5.74, 6) is 0. The SMILES string of the molecule is c1cc(-c2ccncc2)c2oc3c(-c4ccc5c6ccc(-c7cccc8c7oc7c(-c9ccncc9)cccc78)cc6c6ccccc6c5c4)cccc3c2c1. The molecule has 260 valence electrons. The topological polar surface area (TPSA) is 52.1 Å². The summed E-state index contributed by atoms with van der Waals surface area (Å²) >= 11 is 0. The molecule has 12 aromatic rings. The highest BCUT2D eigenvalue weighted by atomic mass is 16.3. The molecule has 0 atom stereocenters. The maximum atomic E-state index is 6.80. The van der Waals surface area contributed by atoms with Gasteiger partial charge in [-0.2, -0.15) is 0 Å². The van der Waals surface area contributed by atoms with Gasteiger partial charge in [0, 0.05) is 68.6 Å². The molecular formula is C52H30N2O2. The fourth-order valence-electron chi connectivity index (χ4n) is 8.90. The lowest BCUT2D eigenvalue weighted by Crippen LogP contribution is -1.87. The molecule has 0 spiro atoms. The minimum absolute atomic E-state index is 0.890. The Labute approximate surface area is 320 Å². The third kappa shape index (κ3) is 4.53. The van der Waals surface area contributed by atoms with E-state index in [4.69, 9.17) is 8.83 Å². The van der Waals surface area contributed by atoms with E-state index in [1.54, 1.807) is 0 Å². The first-order chi connectivity index (χ1) is 27.8. The minimum Gasteiger partial charge on any atom is -0.455 e. The molecule has 0 aliphatic rings. The number of hydrogen-bond donors (Lipinski definition) is 0. The summed E-state index contributed by atoms with van der Waals surface area (Å²) < 4.78 is 13.6. The minimum atomic E-state index is 0.890. The second-order valence-corrected chi connectivity index (χ2v) is 14.5. The first kappa shape index (κ1) is 30.9. The van der Waals surface area contributed by atoms with E-state index in [0.717, 1.165) is 88.4 Å². The van der Waals surface area contributed by atoms with E-state index < -0.39 is 0 Å². The van der Waals surface area contributed by atoms with Crippen LogP contribution in [-0.2, 0) is 0 Å². The van der Waals surface area contributed by atoms with Crippen molar-refractivity contribution in [3.63, 3.8) is 0 Å². The molecule has 0 radical (unpaired) electrons. The fourth-order valence-corrected chi connectivity index (χ4v) is 8.90. The van der Waals surface area contributed by atoms with Crippen molar-refractivity contribution < 1.29 is 8.83 Å². The zero-order chi connectivity index (χ0) is 36.7. The zero-order valence-electron chi connectivity index (χ0n) is 30.0. The van der Waals surface area contributed by atoms with Crippen LogP contribution in [0.1, 0.15) is 0 Å². The molecule has 0 bridgehead atoms. The number of pyridine rings is 2. The van der Waals surface area contributed by atoms with Crippen LogP contribution < -0.4 is 0 Å². The Hall–Kier alpha value is -7.56. The van der Waals surface area contributed by atoms with Crippen molar-refractivity contribution >= 4 is 76.2 Å².